The van der Waals surface area contributed by atoms with E-state index in [2.05, 4.69) is 10.1 Å². The molecule has 1 aromatic rings. The van der Waals surface area contributed by atoms with E-state index < -0.39 is 20.6 Å². The third kappa shape index (κ3) is 2.52. The van der Waals surface area contributed by atoms with Gasteiger partial charge in [0.25, 0.3) is 5.69 Å². The number of hydrazine groups is 1. The SMILES string of the molecule is CNS(=O)(=O)c1cc([N+](=O)[O-])c(NN)cc1C. The molecule has 94 valence electrons. The second-order valence-corrected chi connectivity index (χ2v) is 5.10. The molecule has 17 heavy (non-hydrogen) atoms. The van der Waals surface area contributed by atoms with Crippen LogP contribution in [0.3, 0.4) is 0 Å². The van der Waals surface area contributed by atoms with Crippen molar-refractivity contribution in [3.05, 3.63) is 27.8 Å². The van der Waals surface area contributed by atoms with Crippen LogP contribution in [0.1, 0.15) is 5.56 Å². The molecule has 8 nitrogen and oxygen atoms in total. The van der Waals surface area contributed by atoms with Gasteiger partial charge >= 0.3 is 0 Å². The van der Waals surface area contributed by atoms with Crippen LogP contribution < -0.4 is 16.0 Å². The van der Waals surface area contributed by atoms with Crippen LogP contribution in [0, 0.1) is 17.0 Å². The molecular weight excluding hydrogens is 248 g/mol. The first-order valence-electron chi connectivity index (χ1n) is 4.52. The number of sulfonamides is 1. The Morgan fingerprint density at radius 2 is 2.00 bits per heavy atom. The van der Waals surface area contributed by atoms with Crippen LogP contribution in [0.4, 0.5) is 11.4 Å². The number of nitrogen functional groups attached to an aromatic ring is 1. The molecule has 1 aromatic carbocycles. The van der Waals surface area contributed by atoms with Gasteiger partial charge in [0, 0.05) is 6.07 Å². The monoisotopic (exact) mass is 260 g/mol. The van der Waals surface area contributed by atoms with E-state index in [9.17, 15) is 18.5 Å². The predicted molar refractivity (Wildman–Crippen MR) is 61.9 cm³/mol. The Morgan fingerprint density at radius 1 is 1.41 bits per heavy atom. The number of nitro groups is 1. The van der Waals surface area contributed by atoms with Gasteiger partial charge in [0.05, 0.1) is 9.82 Å². The second-order valence-electron chi connectivity index (χ2n) is 3.24. The maximum Gasteiger partial charge on any atom is 0.295 e. The minimum Gasteiger partial charge on any atom is -0.318 e. The summed E-state index contributed by atoms with van der Waals surface area (Å²) < 4.78 is 25.3. The van der Waals surface area contributed by atoms with Gasteiger partial charge in [-0.15, -0.1) is 0 Å². The minimum absolute atomic E-state index is 0.0579. The summed E-state index contributed by atoms with van der Waals surface area (Å²) in [5, 5.41) is 10.8. The molecular formula is C8H12N4O4S. The average Bonchev–Trinajstić information content (AvgIpc) is 2.27. The Bertz CT molecular complexity index is 555. The number of nitrogens with one attached hydrogen (secondary N) is 2. The normalized spacial score (nSPS) is 11.2. The quantitative estimate of drug-likeness (QED) is 0.400. The number of hydrogen-bond acceptors (Lipinski definition) is 6. The van der Waals surface area contributed by atoms with E-state index >= 15 is 0 Å². The third-order valence-electron chi connectivity index (χ3n) is 2.20. The molecule has 4 N–H and O–H groups in total. The summed E-state index contributed by atoms with van der Waals surface area (Å²) in [6.07, 6.45) is 0. The first kappa shape index (κ1) is 13.4. The summed E-state index contributed by atoms with van der Waals surface area (Å²) in [5.41, 5.74) is 2.18. The molecule has 0 unspecified atom stereocenters. The highest BCUT2D eigenvalue weighted by Crippen LogP contribution is 2.29. The first-order valence-corrected chi connectivity index (χ1v) is 6.01. The van der Waals surface area contributed by atoms with Gasteiger partial charge in [-0.1, -0.05) is 0 Å². The van der Waals surface area contributed by atoms with Crippen LogP contribution in [0.15, 0.2) is 17.0 Å². The number of nitrogens with zero attached hydrogens (tertiary/aromatic N) is 1. The molecule has 0 aliphatic rings. The summed E-state index contributed by atoms with van der Waals surface area (Å²) in [5.74, 6) is 5.13. The fraction of sp³-hybridized carbons (Fsp3) is 0.250. The zero-order valence-electron chi connectivity index (χ0n) is 9.22. The van der Waals surface area contributed by atoms with Crippen LogP contribution in [0.5, 0.6) is 0 Å². The van der Waals surface area contributed by atoms with E-state index in [1.807, 2.05) is 0 Å². The second kappa shape index (κ2) is 4.65. The number of benzene rings is 1. The molecule has 0 radical (unpaired) electrons. The lowest BCUT2D eigenvalue weighted by atomic mass is 10.2. The molecule has 0 saturated heterocycles. The minimum atomic E-state index is -3.73. The van der Waals surface area contributed by atoms with Gasteiger partial charge in [0.15, 0.2) is 0 Å². The van der Waals surface area contributed by atoms with Crippen molar-refractivity contribution in [3.8, 4) is 0 Å². The van der Waals surface area contributed by atoms with Crippen molar-refractivity contribution in [2.45, 2.75) is 11.8 Å². The first-order chi connectivity index (χ1) is 7.83. The fourth-order valence-corrected chi connectivity index (χ4v) is 2.31. The molecule has 0 bridgehead atoms. The number of hydrogen-bond donors (Lipinski definition) is 3. The lowest BCUT2D eigenvalue weighted by Crippen LogP contribution is -2.20. The zero-order chi connectivity index (χ0) is 13.2. The smallest absolute Gasteiger partial charge is 0.295 e. The predicted octanol–water partition coefficient (Wildman–Crippen LogP) is 0.0969. The van der Waals surface area contributed by atoms with Crippen molar-refractivity contribution in [1.82, 2.24) is 4.72 Å². The molecule has 0 aliphatic carbocycles. The van der Waals surface area contributed by atoms with Crippen molar-refractivity contribution in [3.63, 3.8) is 0 Å². The van der Waals surface area contributed by atoms with Crippen LogP contribution in [-0.4, -0.2) is 20.4 Å². The maximum atomic E-state index is 11.6. The van der Waals surface area contributed by atoms with Crippen LogP contribution >= 0.6 is 0 Å². The number of nitro benzene ring substituents is 1. The lowest BCUT2D eigenvalue weighted by molar-refractivity contribution is -0.384. The van der Waals surface area contributed by atoms with Crippen molar-refractivity contribution in [2.75, 3.05) is 12.5 Å². The fourth-order valence-electron chi connectivity index (χ4n) is 1.34. The van der Waals surface area contributed by atoms with Gasteiger partial charge in [-0.2, -0.15) is 0 Å². The van der Waals surface area contributed by atoms with E-state index in [-0.39, 0.29) is 10.6 Å². The van der Waals surface area contributed by atoms with Crippen LogP contribution in [0.25, 0.3) is 0 Å². The maximum absolute atomic E-state index is 11.6. The van der Waals surface area contributed by atoms with Gasteiger partial charge in [0.1, 0.15) is 5.69 Å². The van der Waals surface area contributed by atoms with Gasteiger partial charge in [0.2, 0.25) is 10.0 Å². The zero-order valence-corrected chi connectivity index (χ0v) is 10.0. The average molecular weight is 260 g/mol. The summed E-state index contributed by atoms with van der Waals surface area (Å²) in [6.45, 7) is 1.52. The van der Waals surface area contributed by atoms with E-state index in [0.29, 0.717) is 5.56 Å². The molecule has 1 rings (SSSR count). The van der Waals surface area contributed by atoms with Gasteiger partial charge in [-0.05, 0) is 25.6 Å². The van der Waals surface area contributed by atoms with Crippen molar-refractivity contribution in [1.29, 1.82) is 0 Å². The Kier molecular flexibility index (Phi) is 3.66. The molecule has 0 saturated carbocycles. The standard InChI is InChI=1S/C8H12N4O4S/c1-5-3-6(11-9)7(12(13)14)4-8(5)17(15,16)10-2/h3-4,10-11H,9H2,1-2H3. The van der Waals surface area contributed by atoms with Gasteiger partial charge < -0.3 is 5.43 Å². The number of nitrogens with two attached hydrogens (primary N) is 1. The van der Waals surface area contributed by atoms with E-state index in [4.69, 9.17) is 5.84 Å². The topological polar surface area (TPSA) is 127 Å². The summed E-state index contributed by atoms with van der Waals surface area (Å²) in [7, 11) is -2.50. The van der Waals surface area contributed by atoms with Crippen molar-refractivity contribution < 1.29 is 13.3 Å². The highest BCUT2D eigenvalue weighted by Gasteiger charge is 2.22. The van der Waals surface area contributed by atoms with Crippen LogP contribution in [-0.2, 0) is 10.0 Å². The highest BCUT2D eigenvalue weighted by atomic mass is 32.2. The molecule has 0 aromatic heterocycles. The number of rotatable bonds is 4. The van der Waals surface area contributed by atoms with E-state index in [0.717, 1.165) is 6.07 Å². The highest BCUT2D eigenvalue weighted by molar-refractivity contribution is 7.89. The van der Waals surface area contributed by atoms with Crippen molar-refractivity contribution in [2.24, 2.45) is 5.84 Å². The number of aryl methyl sites for hydroxylation is 1. The summed E-state index contributed by atoms with van der Waals surface area (Å²) in [6, 6.07) is 2.28. The number of anilines is 1. The Hall–Kier alpha value is -1.71. The van der Waals surface area contributed by atoms with Crippen molar-refractivity contribution >= 4 is 21.4 Å². The van der Waals surface area contributed by atoms with Gasteiger partial charge in [-0.3, -0.25) is 16.0 Å². The van der Waals surface area contributed by atoms with E-state index in [1.54, 1.807) is 0 Å². The molecule has 0 aliphatic heterocycles. The molecule has 0 amide bonds. The molecule has 9 heteroatoms. The molecule has 0 spiro atoms. The van der Waals surface area contributed by atoms with Crippen LogP contribution in [0.2, 0.25) is 0 Å². The summed E-state index contributed by atoms with van der Waals surface area (Å²) in [4.78, 5) is 9.90. The van der Waals surface area contributed by atoms with Gasteiger partial charge in [-0.25, -0.2) is 13.1 Å². The molecule has 0 atom stereocenters. The summed E-state index contributed by atoms with van der Waals surface area (Å²) >= 11 is 0. The Morgan fingerprint density at radius 3 is 2.41 bits per heavy atom. The lowest BCUT2D eigenvalue weighted by Gasteiger charge is -2.09. The Labute approximate surface area is 98.0 Å². The molecule has 0 heterocycles. The largest absolute Gasteiger partial charge is 0.318 e. The van der Waals surface area contributed by atoms with E-state index in [1.165, 1.54) is 20.0 Å². The molecule has 0 fully saturated rings. The Balaban J connectivity index is 3.56. The third-order valence-corrected chi connectivity index (χ3v) is 3.76.